The minimum atomic E-state index is -0.471. The number of rotatable bonds is 5. The number of pyridine rings is 1. The maximum atomic E-state index is 12.8. The molecule has 6 heteroatoms. The van der Waals surface area contributed by atoms with Gasteiger partial charge in [0.25, 0.3) is 11.5 Å². The van der Waals surface area contributed by atoms with E-state index in [1.54, 1.807) is 43.6 Å². The summed E-state index contributed by atoms with van der Waals surface area (Å²) in [7, 11) is 1.68. The molecule has 0 fully saturated rings. The first-order valence-electron chi connectivity index (χ1n) is 9.26. The monoisotopic (exact) mass is 389 g/mol. The molecule has 0 aliphatic heterocycles. The lowest BCUT2D eigenvalue weighted by atomic mass is 10.1. The highest BCUT2D eigenvalue weighted by Gasteiger charge is 2.13. The molecule has 0 aliphatic rings. The largest absolute Gasteiger partial charge is 0.322 e. The van der Waals surface area contributed by atoms with Gasteiger partial charge in [-0.3, -0.25) is 14.4 Å². The Bertz CT molecular complexity index is 1100. The zero-order valence-corrected chi connectivity index (χ0v) is 16.7. The Morgan fingerprint density at radius 1 is 1.03 bits per heavy atom. The molecular formula is C23H23N3O3. The van der Waals surface area contributed by atoms with Crippen LogP contribution in [0.15, 0.2) is 71.7 Å². The number of carbonyl (C=O) groups excluding carboxylic acids is 2. The molecule has 3 aromatic rings. The summed E-state index contributed by atoms with van der Waals surface area (Å²) in [5.41, 5.74) is 3.10. The number of hydrogen-bond acceptors (Lipinski definition) is 3. The molecule has 1 N–H and O–H groups in total. The summed E-state index contributed by atoms with van der Waals surface area (Å²) in [4.78, 5) is 38.3. The number of benzene rings is 2. The van der Waals surface area contributed by atoms with Gasteiger partial charge < -0.3 is 14.8 Å². The van der Waals surface area contributed by atoms with Crippen LogP contribution < -0.4 is 15.8 Å². The summed E-state index contributed by atoms with van der Waals surface area (Å²) in [5, 5.41) is 2.74. The van der Waals surface area contributed by atoms with Crippen molar-refractivity contribution in [3.63, 3.8) is 0 Å². The van der Waals surface area contributed by atoms with Crippen molar-refractivity contribution >= 4 is 23.2 Å². The van der Waals surface area contributed by atoms with Crippen LogP contribution in [-0.4, -0.2) is 23.4 Å². The summed E-state index contributed by atoms with van der Waals surface area (Å²) in [6.45, 7) is 3.87. The summed E-state index contributed by atoms with van der Waals surface area (Å²) in [6.07, 6.45) is 1.67. The van der Waals surface area contributed by atoms with E-state index in [9.17, 15) is 14.4 Å². The SMILES string of the molecule is CC(=O)N(C)c1ccc(NC(=O)c2cccn(Cc3cccc(C)c3)c2=O)cc1. The highest BCUT2D eigenvalue weighted by atomic mass is 16.2. The van der Waals surface area contributed by atoms with Gasteiger partial charge in [0.2, 0.25) is 5.91 Å². The zero-order valence-electron chi connectivity index (χ0n) is 16.7. The van der Waals surface area contributed by atoms with Crippen molar-refractivity contribution in [1.29, 1.82) is 0 Å². The van der Waals surface area contributed by atoms with Crippen LogP contribution in [0.3, 0.4) is 0 Å². The Labute approximate surface area is 169 Å². The first-order chi connectivity index (χ1) is 13.8. The quantitative estimate of drug-likeness (QED) is 0.727. The number of aromatic nitrogens is 1. The van der Waals surface area contributed by atoms with Crippen LogP contribution in [0.25, 0.3) is 0 Å². The van der Waals surface area contributed by atoms with Gasteiger partial charge >= 0.3 is 0 Å². The number of hydrogen-bond donors (Lipinski definition) is 1. The molecule has 2 aromatic carbocycles. The van der Waals surface area contributed by atoms with Crippen molar-refractivity contribution in [3.05, 3.63) is 93.9 Å². The van der Waals surface area contributed by atoms with Crippen LogP contribution >= 0.6 is 0 Å². The summed E-state index contributed by atoms with van der Waals surface area (Å²) < 4.78 is 1.52. The third-order valence-electron chi connectivity index (χ3n) is 4.69. The molecule has 6 nitrogen and oxygen atoms in total. The molecule has 29 heavy (non-hydrogen) atoms. The van der Waals surface area contributed by atoms with Crippen LogP contribution in [-0.2, 0) is 11.3 Å². The first-order valence-corrected chi connectivity index (χ1v) is 9.26. The van der Waals surface area contributed by atoms with E-state index in [4.69, 9.17) is 0 Å². The van der Waals surface area contributed by atoms with E-state index in [0.717, 1.165) is 16.8 Å². The minimum absolute atomic E-state index is 0.0742. The standard InChI is InChI=1S/C23H23N3O3/c1-16-6-4-7-18(14-16)15-26-13-5-8-21(23(26)29)22(28)24-19-9-11-20(12-10-19)25(3)17(2)27/h4-14H,15H2,1-3H3,(H,24,28). The minimum Gasteiger partial charge on any atom is -0.322 e. The average Bonchev–Trinajstić information content (AvgIpc) is 2.69. The predicted molar refractivity (Wildman–Crippen MR) is 114 cm³/mol. The van der Waals surface area contributed by atoms with Crippen LogP contribution in [0, 0.1) is 6.92 Å². The van der Waals surface area contributed by atoms with Crippen molar-refractivity contribution in [2.24, 2.45) is 0 Å². The van der Waals surface area contributed by atoms with Gasteiger partial charge in [-0.2, -0.15) is 0 Å². The summed E-state index contributed by atoms with van der Waals surface area (Å²) in [6, 6.07) is 18.0. The van der Waals surface area contributed by atoms with E-state index < -0.39 is 5.91 Å². The topological polar surface area (TPSA) is 71.4 Å². The van der Waals surface area contributed by atoms with E-state index in [0.29, 0.717) is 12.2 Å². The second-order valence-electron chi connectivity index (χ2n) is 6.92. The molecule has 0 saturated heterocycles. The molecule has 0 radical (unpaired) electrons. The molecule has 1 heterocycles. The van der Waals surface area contributed by atoms with Gasteiger partial charge in [-0.25, -0.2) is 0 Å². The van der Waals surface area contributed by atoms with Gasteiger partial charge in [0, 0.05) is 31.5 Å². The molecule has 0 saturated carbocycles. The first kappa shape index (κ1) is 20.1. The second kappa shape index (κ2) is 8.56. The molecule has 2 amide bonds. The summed E-state index contributed by atoms with van der Waals surface area (Å²) in [5.74, 6) is -0.554. The number of nitrogens with one attached hydrogen (secondary N) is 1. The fourth-order valence-electron chi connectivity index (χ4n) is 2.99. The van der Waals surface area contributed by atoms with Crippen molar-refractivity contribution in [2.75, 3.05) is 17.3 Å². The van der Waals surface area contributed by atoms with Gasteiger partial charge in [0.05, 0.1) is 6.54 Å². The van der Waals surface area contributed by atoms with Crippen molar-refractivity contribution in [1.82, 2.24) is 4.57 Å². The second-order valence-corrected chi connectivity index (χ2v) is 6.92. The Morgan fingerprint density at radius 2 is 1.76 bits per heavy atom. The molecular weight excluding hydrogens is 366 g/mol. The van der Waals surface area contributed by atoms with E-state index in [2.05, 4.69) is 5.32 Å². The van der Waals surface area contributed by atoms with Crippen LogP contribution in [0.2, 0.25) is 0 Å². The molecule has 0 atom stereocenters. The van der Waals surface area contributed by atoms with E-state index in [1.165, 1.54) is 22.5 Å². The van der Waals surface area contributed by atoms with E-state index in [-0.39, 0.29) is 17.0 Å². The van der Waals surface area contributed by atoms with Gasteiger partial charge in [-0.05, 0) is 48.9 Å². The summed E-state index contributed by atoms with van der Waals surface area (Å²) >= 11 is 0. The molecule has 0 unspecified atom stereocenters. The van der Waals surface area contributed by atoms with Crippen LogP contribution in [0.4, 0.5) is 11.4 Å². The van der Waals surface area contributed by atoms with Gasteiger partial charge in [-0.15, -0.1) is 0 Å². The number of carbonyl (C=O) groups is 2. The molecule has 0 spiro atoms. The van der Waals surface area contributed by atoms with Crippen LogP contribution in [0.5, 0.6) is 0 Å². The molecule has 3 rings (SSSR count). The van der Waals surface area contributed by atoms with Crippen LogP contribution in [0.1, 0.15) is 28.4 Å². The van der Waals surface area contributed by atoms with Gasteiger partial charge in [-0.1, -0.05) is 29.8 Å². The average molecular weight is 389 g/mol. The normalized spacial score (nSPS) is 10.4. The maximum absolute atomic E-state index is 12.8. The van der Waals surface area contributed by atoms with Crippen molar-refractivity contribution < 1.29 is 9.59 Å². The molecule has 0 bridgehead atoms. The Morgan fingerprint density at radius 3 is 2.41 bits per heavy atom. The molecule has 148 valence electrons. The van der Waals surface area contributed by atoms with Gasteiger partial charge in [0.15, 0.2) is 0 Å². The van der Waals surface area contributed by atoms with E-state index in [1.807, 2.05) is 31.2 Å². The predicted octanol–water partition coefficient (Wildman–Crippen LogP) is 3.44. The fraction of sp³-hybridized carbons (Fsp3) is 0.174. The third kappa shape index (κ3) is 4.79. The van der Waals surface area contributed by atoms with E-state index >= 15 is 0 Å². The lowest BCUT2D eigenvalue weighted by molar-refractivity contribution is -0.116. The Kier molecular flexibility index (Phi) is 5.93. The van der Waals surface area contributed by atoms with Crippen molar-refractivity contribution in [2.45, 2.75) is 20.4 Å². The van der Waals surface area contributed by atoms with Gasteiger partial charge in [0.1, 0.15) is 5.56 Å². The number of anilines is 2. The zero-order chi connectivity index (χ0) is 21.0. The number of aryl methyl sites for hydroxylation is 1. The highest BCUT2D eigenvalue weighted by molar-refractivity contribution is 6.04. The fourth-order valence-corrected chi connectivity index (χ4v) is 2.99. The smallest absolute Gasteiger partial charge is 0.263 e. The third-order valence-corrected chi connectivity index (χ3v) is 4.69. The lowest BCUT2D eigenvalue weighted by Gasteiger charge is -2.15. The molecule has 1 aromatic heterocycles. The Balaban J connectivity index is 1.77. The highest BCUT2D eigenvalue weighted by Crippen LogP contribution is 2.17. The lowest BCUT2D eigenvalue weighted by Crippen LogP contribution is -2.29. The maximum Gasteiger partial charge on any atom is 0.263 e. The van der Waals surface area contributed by atoms with Crippen molar-refractivity contribution in [3.8, 4) is 0 Å². The number of amides is 2. The Hall–Kier alpha value is -3.67. The molecule has 0 aliphatic carbocycles. The number of nitrogens with zero attached hydrogens (tertiary/aromatic N) is 2.